The van der Waals surface area contributed by atoms with Crippen LogP contribution in [0.25, 0.3) is 0 Å². The summed E-state index contributed by atoms with van der Waals surface area (Å²) < 4.78 is 12.4. The van der Waals surface area contributed by atoms with Crippen LogP contribution in [0.2, 0.25) is 0 Å². The summed E-state index contributed by atoms with van der Waals surface area (Å²) in [7, 11) is 0. The highest BCUT2D eigenvalue weighted by Gasteiger charge is 2.63. The zero-order chi connectivity index (χ0) is 31.9. The van der Waals surface area contributed by atoms with Crippen molar-refractivity contribution in [1.82, 2.24) is 0 Å². The van der Waals surface area contributed by atoms with E-state index >= 15 is 0 Å². The molecule has 1 aromatic rings. The summed E-state index contributed by atoms with van der Waals surface area (Å²) in [4.78, 5) is 0. The molecule has 7 atom stereocenters. The van der Waals surface area contributed by atoms with Gasteiger partial charge in [-0.3, -0.25) is 0 Å². The predicted molar refractivity (Wildman–Crippen MR) is 187 cm³/mol. The summed E-state index contributed by atoms with van der Waals surface area (Å²) in [5.41, 5.74) is 19.5. The molecule has 6 unspecified atom stereocenters. The van der Waals surface area contributed by atoms with Crippen molar-refractivity contribution < 1.29 is 9.47 Å². The van der Waals surface area contributed by atoms with E-state index in [0.717, 1.165) is 18.3 Å². The molecule has 0 heterocycles. The van der Waals surface area contributed by atoms with Crippen LogP contribution in [-0.2, 0) is 4.74 Å². The van der Waals surface area contributed by atoms with E-state index < -0.39 is 0 Å². The lowest BCUT2D eigenvalue weighted by atomic mass is 9.43. The van der Waals surface area contributed by atoms with Crippen LogP contribution >= 0.6 is 0 Å². The predicted octanol–water partition coefficient (Wildman–Crippen LogP) is 10.3. The van der Waals surface area contributed by atoms with Crippen molar-refractivity contribution in [3.8, 4) is 5.75 Å². The fourth-order valence-corrected chi connectivity index (χ4v) is 10.9. The summed E-state index contributed by atoms with van der Waals surface area (Å²) in [6.07, 6.45) is 19.9. The number of hydrogen-bond donors (Lipinski definition) is 2. The summed E-state index contributed by atoms with van der Waals surface area (Å²) in [6, 6.07) is 5.37. The van der Waals surface area contributed by atoms with E-state index in [1.54, 1.807) is 6.07 Å². The number of fused-ring (bicyclic) bond motifs is 4. The maximum absolute atomic E-state index is 6.61. The van der Waals surface area contributed by atoms with E-state index in [0.29, 0.717) is 52.5 Å². The summed E-state index contributed by atoms with van der Waals surface area (Å²) >= 11 is 0. The van der Waals surface area contributed by atoms with Gasteiger partial charge >= 0.3 is 0 Å². The normalized spacial score (nSPS) is 35.1. The molecule has 244 valence electrons. The summed E-state index contributed by atoms with van der Waals surface area (Å²) in [5.74, 6) is 2.99. The van der Waals surface area contributed by atoms with Crippen LogP contribution in [0.3, 0.4) is 0 Å². The molecule has 0 amide bonds. The second kappa shape index (κ2) is 12.5. The second-order valence-corrected chi connectivity index (χ2v) is 16.5. The highest BCUT2D eigenvalue weighted by Crippen LogP contribution is 2.72. The highest BCUT2D eigenvalue weighted by atomic mass is 16.5. The largest absolute Gasteiger partial charge is 0.487 e. The van der Waals surface area contributed by atoms with Gasteiger partial charge in [0.15, 0.2) is 0 Å². The number of hydrogen-bond acceptors (Lipinski definition) is 4. The molecule has 4 nitrogen and oxygen atoms in total. The lowest BCUT2D eigenvalue weighted by Gasteiger charge is -2.62. The van der Waals surface area contributed by atoms with Crippen LogP contribution in [0.1, 0.15) is 120 Å². The number of anilines is 2. The molecule has 0 saturated heterocycles. The first-order valence-electron chi connectivity index (χ1n) is 17.6. The maximum Gasteiger partial charge on any atom is 0.142 e. The fraction of sp³-hybridized carbons (Fsp3) is 0.700. The zero-order valence-corrected chi connectivity index (χ0v) is 29.2. The van der Waals surface area contributed by atoms with Crippen molar-refractivity contribution in [3.63, 3.8) is 0 Å². The van der Waals surface area contributed by atoms with E-state index in [4.69, 9.17) is 20.9 Å². The van der Waals surface area contributed by atoms with Crippen molar-refractivity contribution in [2.75, 3.05) is 24.7 Å². The van der Waals surface area contributed by atoms with Gasteiger partial charge in [0.2, 0.25) is 0 Å². The topological polar surface area (TPSA) is 70.5 Å². The number of nitrogens with two attached hydrogens (primary N) is 2. The Bertz CT molecular complexity index is 1290. The lowest BCUT2D eigenvalue weighted by Crippen LogP contribution is -2.55. The molecule has 4 aliphatic carbocycles. The SMILES string of the molecule is CC(C)=CCCC(C)C1CC[C@@]2(C)C3=C(CCC12C)C1(C)CCC(OCC=CCOc2ccc(N)cc2N)C(C)(C)C1CC3. The van der Waals surface area contributed by atoms with Gasteiger partial charge in [-0.05, 0) is 142 Å². The van der Waals surface area contributed by atoms with Crippen LogP contribution in [0.4, 0.5) is 11.4 Å². The smallest absolute Gasteiger partial charge is 0.142 e. The van der Waals surface area contributed by atoms with Crippen molar-refractivity contribution in [2.24, 2.45) is 39.4 Å². The molecule has 0 aromatic heterocycles. The van der Waals surface area contributed by atoms with Gasteiger partial charge in [-0.2, -0.15) is 0 Å². The zero-order valence-electron chi connectivity index (χ0n) is 29.2. The molecule has 0 aliphatic heterocycles. The van der Waals surface area contributed by atoms with Crippen LogP contribution in [0.15, 0.2) is 53.1 Å². The molecule has 2 saturated carbocycles. The van der Waals surface area contributed by atoms with Gasteiger partial charge in [0, 0.05) is 5.69 Å². The minimum atomic E-state index is 0.146. The van der Waals surface area contributed by atoms with Crippen molar-refractivity contribution in [2.45, 2.75) is 126 Å². The third-order valence-electron chi connectivity index (χ3n) is 13.5. The molecule has 4 aliphatic rings. The first kappa shape index (κ1) is 33.2. The first-order valence-corrected chi connectivity index (χ1v) is 17.6. The van der Waals surface area contributed by atoms with E-state index in [9.17, 15) is 0 Å². The maximum atomic E-state index is 6.61. The molecule has 0 spiro atoms. The molecule has 2 fully saturated rings. The standard InChI is InChI=1S/C40H62N2O2/c1-27(2)12-11-13-28(3)30-18-22-40(8)32-15-17-35-37(4,5)36(20-21-38(35,6)31(32)19-23-39(30,40)7)44-25-10-9-24-43-34-16-14-29(41)26-33(34)42/h9-10,12,14,16,26,28,30,35-36H,11,13,15,17-25,41-42H2,1-8H3/t28?,30?,35?,36?,38?,39?,40-/m0/s1. The van der Waals surface area contributed by atoms with E-state index in [2.05, 4.69) is 67.5 Å². The Balaban J connectivity index is 1.24. The van der Waals surface area contributed by atoms with Gasteiger partial charge in [-0.25, -0.2) is 0 Å². The highest BCUT2D eigenvalue weighted by molar-refractivity contribution is 5.60. The average Bonchev–Trinajstić information content (AvgIpc) is 3.23. The molecule has 1 aromatic carbocycles. The summed E-state index contributed by atoms with van der Waals surface area (Å²) in [6.45, 7) is 21.1. The Kier molecular flexibility index (Phi) is 9.45. The minimum absolute atomic E-state index is 0.146. The molecular formula is C40H62N2O2. The third-order valence-corrected chi connectivity index (χ3v) is 13.5. The first-order chi connectivity index (χ1) is 20.7. The molecular weight excluding hydrogens is 540 g/mol. The Labute approximate surface area is 269 Å². The van der Waals surface area contributed by atoms with Gasteiger partial charge in [0.05, 0.1) is 18.4 Å². The lowest BCUT2D eigenvalue weighted by molar-refractivity contribution is -0.120. The number of rotatable bonds is 10. The molecule has 0 bridgehead atoms. The average molecular weight is 603 g/mol. The molecule has 4 heteroatoms. The van der Waals surface area contributed by atoms with Gasteiger partial charge in [-0.15, -0.1) is 0 Å². The van der Waals surface area contributed by atoms with Crippen molar-refractivity contribution in [3.05, 3.63) is 53.1 Å². The summed E-state index contributed by atoms with van der Waals surface area (Å²) in [5, 5.41) is 0. The molecule has 4 N–H and O–H groups in total. The monoisotopic (exact) mass is 602 g/mol. The third kappa shape index (κ3) is 5.78. The van der Waals surface area contributed by atoms with E-state index in [1.807, 2.05) is 29.4 Å². The molecule has 5 rings (SSSR count). The Morgan fingerprint density at radius 1 is 0.932 bits per heavy atom. The van der Waals surface area contributed by atoms with Crippen molar-refractivity contribution in [1.29, 1.82) is 0 Å². The van der Waals surface area contributed by atoms with Gasteiger partial charge in [0.25, 0.3) is 0 Å². The van der Waals surface area contributed by atoms with Crippen LogP contribution in [0, 0.1) is 39.4 Å². The quantitative estimate of drug-likeness (QED) is 0.206. The van der Waals surface area contributed by atoms with Crippen LogP contribution < -0.4 is 16.2 Å². The van der Waals surface area contributed by atoms with Gasteiger partial charge in [-0.1, -0.05) is 70.4 Å². The Morgan fingerprint density at radius 3 is 2.41 bits per heavy atom. The molecule has 44 heavy (non-hydrogen) atoms. The van der Waals surface area contributed by atoms with E-state index in [-0.39, 0.29) is 11.5 Å². The fourth-order valence-electron chi connectivity index (χ4n) is 10.9. The number of nitrogen functional groups attached to an aromatic ring is 2. The van der Waals surface area contributed by atoms with Gasteiger partial charge in [0.1, 0.15) is 12.4 Å². The molecule has 0 radical (unpaired) electrons. The van der Waals surface area contributed by atoms with Crippen molar-refractivity contribution >= 4 is 11.4 Å². The van der Waals surface area contributed by atoms with Crippen LogP contribution in [-0.4, -0.2) is 19.3 Å². The second-order valence-electron chi connectivity index (χ2n) is 16.5. The van der Waals surface area contributed by atoms with Gasteiger partial charge < -0.3 is 20.9 Å². The van der Waals surface area contributed by atoms with E-state index in [1.165, 1.54) is 63.4 Å². The van der Waals surface area contributed by atoms with Crippen LogP contribution in [0.5, 0.6) is 5.75 Å². The Morgan fingerprint density at radius 2 is 1.68 bits per heavy atom. The Hall–Kier alpha value is -2.20. The minimum Gasteiger partial charge on any atom is -0.487 e. The number of ether oxygens (including phenoxy) is 2. The number of benzene rings is 1. The number of allylic oxidation sites excluding steroid dienone is 4.